The van der Waals surface area contributed by atoms with Gasteiger partial charge in [0, 0.05) is 30.1 Å². The monoisotopic (exact) mass is 416 g/mol. The zero-order valence-corrected chi connectivity index (χ0v) is 17.2. The minimum atomic E-state index is -0.220. The number of nitrogens with zero attached hydrogens (tertiary/aromatic N) is 1. The molecule has 1 aromatic heterocycles. The van der Waals surface area contributed by atoms with Crippen molar-refractivity contribution in [2.45, 2.75) is 19.5 Å². The molecule has 1 aliphatic rings. The molecule has 0 unspecified atom stereocenters. The van der Waals surface area contributed by atoms with Crippen LogP contribution in [0.4, 0.5) is 9.39 Å². The molecule has 0 atom stereocenters. The number of thiophene rings is 1. The van der Waals surface area contributed by atoms with E-state index in [1.807, 2.05) is 54.6 Å². The predicted octanol–water partition coefficient (Wildman–Crippen LogP) is 5.41. The zero-order valence-electron chi connectivity index (χ0n) is 16.4. The number of fused-ring (bicyclic) bond motifs is 2. The van der Waals surface area contributed by atoms with Crippen molar-refractivity contribution in [1.82, 2.24) is 4.90 Å². The fourth-order valence-corrected chi connectivity index (χ4v) is 5.34. The van der Waals surface area contributed by atoms with E-state index in [4.69, 9.17) is 5.73 Å². The molecular formula is C25H21FN2OS. The van der Waals surface area contributed by atoms with E-state index in [1.165, 1.54) is 23.5 Å². The Balaban J connectivity index is 1.41. The smallest absolute Gasteiger partial charge is 0.196 e. The second-order valence-electron chi connectivity index (χ2n) is 7.72. The first-order valence-electron chi connectivity index (χ1n) is 9.99. The number of anilines is 1. The van der Waals surface area contributed by atoms with Crippen LogP contribution in [0, 0.1) is 5.82 Å². The van der Waals surface area contributed by atoms with Crippen LogP contribution in [0.3, 0.4) is 0 Å². The van der Waals surface area contributed by atoms with Gasteiger partial charge in [-0.05, 0) is 46.5 Å². The molecule has 0 radical (unpaired) electrons. The van der Waals surface area contributed by atoms with Gasteiger partial charge in [-0.2, -0.15) is 0 Å². The second kappa shape index (κ2) is 7.67. The summed E-state index contributed by atoms with van der Waals surface area (Å²) in [6, 6.07) is 20.5. The molecular weight excluding hydrogens is 395 g/mol. The molecule has 2 heterocycles. The molecule has 0 bridgehead atoms. The van der Waals surface area contributed by atoms with Gasteiger partial charge in [0.15, 0.2) is 5.78 Å². The molecule has 3 aromatic carbocycles. The Morgan fingerprint density at radius 1 is 1.03 bits per heavy atom. The van der Waals surface area contributed by atoms with Crippen LogP contribution in [-0.2, 0) is 19.5 Å². The van der Waals surface area contributed by atoms with Crippen molar-refractivity contribution in [3.05, 3.63) is 99.7 Å². The third-order valence-electron chi connectivity index (χ3n) is 5.72. The van der Waals surface area contributed by atoms with Gasteiger partial charge in [0.2, 0.25) is 0 Å². The fourth-order valence-electron chi connectivity index (χ4n) is 4.18. The standard InChI is InChI=1S/C25H21FN2OS/c26-20-9-5-16(6-10-20)14-28-12-11-21-22(15-28)30-25(27)23(21)24(29)19-8-7-17-3-1-2-4-18(17)13-19/h1-10,13H,11-12,14-15,27H2. The van der Waals surface area contributed by atoms with Crippen molar-refractivity contribution in [2.75, 3.05) is 12.3 Å². The lowest BCUT2D eigenvalue weighted by molar-refractivity contribution is 0.103. The maximum Gasteiger partial charge on any atom is 0.196 e. The summed E-state index contributed by atoms with van der Waals surface area (Å²) < 4.78 is 13.2. The van der Waals surface area contributed by atoms with E-state index in [9.17, 15) is 9.18 Å². The SMILES string of the molecule is Nc1sc2c(c1C(=O)c1ccc3ccccc3c1)CCN(Cc1ccc(F)cc1)C2. The molecule has 3 nitrogen and oxygen atoms in total. The van der Waals surface area contributed by atoms with Crippen molar-refractivity contribution in [2.24, 2.45) is 0 Å². The molecule has 0 saturated carbocycles. The molecule has 150 valence electrons. The van der Waals surface area contributed by atoms with Gasteiger partial charge < -0.3 is 5.73 Å². The third-order valence-corrected chi connectivity index (χ3v) is 6.77. The molecule has 0 amide bonds. The van der Waals surface area contributed by atoms with Crippen molar-refractivity contribution < 1.29 is 9.18 Å². The number of benzene rings is 3. The Hall–Kier alpha value is -3.02. The summed E-state index contributed by atoms with van der Waals surface area (Å²) in [5.41, 5.74) is 9.84. The van der Waals surface area contributed by atoms with E-state index < -0.39 is 0 Å². The minimum Gasteiger partial charge on any atom is -0.390 e. The molecule has 0 aliphatic carbocycles. The summed E-state index contributed by atoms with van der Waals surface area (Å²) in [4.78, 5) is 16.8. The van der Waals surface area contributed by atoms with Gasteiger partial charge >= 0.3 is 0 Å². The second-order valence-corrected chi connectivity index (χ2v) is 8.86. The number of nitrogens with two attached hydrogens (primary N) is 1. The van der Waals surface area contributed by atoms with Gasteiger partial charge in [-0.1, -0.05) is 48.5 Å². The first-order valence-corrected chi connectivity index (χ1v) is 10.8. The summed E-state index contributed by atoms with van der Waals surface area (Å²) in [6.07, 6.45) is 0.791. The van der Waals surface area contributed by atoms with Gasteiger partial charge in [-0.25, -0.2) is 4.39 Å². The lowest BCUT2D eigenvalue weighted by atomic mass is 9.95. The number of halogens is 1. The lowest BCUT2D eigenvalue weighted by Gasteiger charge is -2.27. The normalized spacial score (nSPS) is 14.0. The summed E-state index contributed by atoms with van der Waals surface area (Å²) in [7, 11) is 0. The van der Waals surface area contributed by atoms with E-state index in [-0.39, 0.29) is 11.6 Å². The topological polar surface area (TPSA) is 46.3 Å². The third kappa shape index (κ3) is 3.51. The highest BCUT2D eigenvalue weighted by atomic mass is 32.1. The Morgan fingerprint density at radius 3 is 2.60 bits per heavy atom. The van der Waals surface area contributed by atoms with E-state index in [1.54, 1.807) is 0 Å². The molecule has 5 rings (SSSR count). The van der Waals surface area contributed by atoms with Crippen molar-refractivity contribution in [3.8, 4) is 0 Å². The summed E-state index contributed by atoms with van der Waals surface area (Å²) in [6.45, 7) is 2.36. The summed E-state index contributed by atoms with van der Waals surface area (Å²) in [5.74, 6) is -0.217. The number of rotatable bonds is 4. The first kappa shape index (κ1) is 19.0. The molecule has 0 saturated heterocycles. The predicted molar refractivity (Wildman–Crippen MR) is 120 cm³/mol. The maximum atomic E-state index is 13.3. The Bertz CT molecular complexity index is 1250. The lowest BCUT2D eigenvalue weighted by Crippen LogP contribution is -2.29. The average Bonchev–Trinajstić information content (AvgIpc) is 3.09. The minimum absolute atomic E-state index is 0.00253. The molecule has 0 spiro atoms. The van der Waals surface area contributed by atoms with E-state index >= 15 is 0 Å². The quantitative estimate of drug-likeness (QED) is 0.452. The highest BCUT2D eigenvalue weighted by Crippen LogP contribution is 2.37. The van der Waals surface area contributed by atoms with Crippen molar-refractivity contribution in [1.29, 1.82) is 0 Å². The number of hydrogen-bond acceptors (Lipinski definition) is 4. The van der Waals surface area contributed by atoms with Crippen LogP contribution in [-0.4, -0.2) is 17.2 Å². The van der Waals surface area contributed by atoms with Crippen molar-refractivity contribution >= 4 is 32.9 Å². The number of hydrogen-bond donors (Lipinski definition) is 1. The van der Waals surface area contributed by atoms with Crippen molar-refractivity contribution in [3.63, 3.8) is 0 Å². The van der Waals surface area contributed by atoms with Crippen LogP contribution in [0.1, 0.15) is 31.9 Å². The molecule has 2 N–H and O–H groups in total. The van der Waals surface area contributed by atoms with E-state index in [0.717, 1.165) is 52.8 Å². The van der Waals surface area contributed by atoms with E-state index in [2.05, 4.69) is 4.90 Å². The molecule has 4 aromatic rings. The van der Waals surface area contributed by atoms with Crippen LogP contribution in [0.2, 0.25) is 0 Å². The first-order chi connectivity index (χ1) is 14.6. The fraction of sp³-hybridized carbons (Fsp3) is 0.160. The zero-order chi connectivity index (χ0) is 20.7. The van der Waals surface area contributed by atoms with Crippen LogP contribution < -0.4 is 5.73 Å². The number of ketones is 1. The molecule has 0 fully saturated rings. The molecule has 30 heavy (non-hydrogen) atoms. The van der Waals surface area contributed by atoms with Gasteiger partial charge in [-0.3, -0.25) is 9.69 Å². The summed E-state index contributed by atoms with van der Waals surface area (Å²) >= 11 is 1.52. The summed E-state index contributed by atoms with van der Waals surface area (Å²) in [5, 5.41) is 2.77. The number of nitrogen functional groups attached to an aromatic ring is 1. The molecule has 5 heteroatoms. The van der Waals surface area contributed by atoms with Crippen LogP contribution in [0.25, 0.3) is 10.8 Å². The van der Waals surface area contributed by atoms with Gasteiger partial charge in [0.25, 0.3) is 0 Å². The maximum absolute atomic E-state index is 13.3. The Kier molecular flexibility index (Phi) is 4.85. The van der Waals surface area contributed by atoms with Gasteiger partial charge in [0.1, 0.15) is 5.82 Å². The largest absolute Gasteiger partial charge is 0.390 e. The van der Waals surface area contributed by atoms with Crippen LogP contribution >= 0.6 is 11.3 Å². The Morgan fingerprint density at radius 2 is 1.80 bits per heavy atom. The van der Waals surface area contributed by atoms with Gasteiger partial charge in [-0.15, -0.1) is 11.3 Å². The van der Waals surface area contributed by atoms with Crippen LogP contribution in [0.15, 0.2) is 66.7 Å². The van der Waals surface area contributed by atoms with E-state index in [0.29, 0.717) is 16.1 Å². The Labute approximate surface area is 178 Å². The van der Waals surface area contributed by atoms with Crippen LogP contribution in [0.5, 0.6) is 0 Å². The highest BCUT2D eigenvalue weighted by molar-refractivity contribution is 7.16. The highest BCUT2D eigenvalue weighted by Gasteiger charge is 2.27. The number of carbonyl (C=O) groups excluding carboxylic acids is 1. The van der Waals surface area contributed by atoms with Gasteiger partial charge in [0.05, 0.1) is 10.6 Å². The molecule has 1 aliphatic heterocycles. The average molecular weight is 417 g/mol. The number of carbonyl (C=O) groups is 1.